The van der Waals surface area contributed by atoms with Crippen molar-refractivity contribution in [2.75, 3.05) is 19.7 Å². The lowest BCUT2D eigenvalue weighted by molar-refractivity contribution is -0.138. The van der Waals surface area contributed by atoms with Crippen LogP contribution in [0.15, 0.2) is 0 Å². The molecule has 1 aliphatic heterocycles. The van der Waals surface area contributed by atoms with Gasteiger partial charge >= 0.3 is 6.09 Å². The van der Waals surface area contributed by atoms with Crippen molar-refractivity contribution in [1.82, 2.24) is 15.5 Å². The van der Waals surface area contributed by atoms with Gasteiger partial charge in [0.15, 0.2) is 0 Å². The van der Waals surface area contributed by atoms with E-state index in [-0.39, 0.29) is 30.0 Å². The van der Waals surface area contributed by atoms with Gasteiger partial charge in [-0.3, -0.25) is 9.59 Å². The summed E-state index contributed by atoms with van der Waals surface area (Å²) >= 11 is 0. The van der Waals surface area contributed by atoms with Gasteiger partial charge in [0.1, 0.15) is 5.41 Å². The molecule has 0 spiro atoms. The maximum absolute atomic E-state index is 12.7. The summed E-state index contributed by atoms with van der Waals surface area (Å²) in [7, 11) is 0. The molecule has 0 radical (unpaired) electrons. The third kappa shape index (κ3) is 4.07. The van der Waals surface area contributed by atoms with Crippen LogP contribution in [0.1, 0.15) is 58.3 Å². The molecular weight excluding hydrogens is 322 g/mol. The van der Waals surface area contributed by atoms with Gasteiger partial charge < -0.3 is 20.3 Å². The van der Waals surface area contributed by atoms with E-state index in [9.17, 15) is 14.4 Å². The number of ether oxygens (including phenoxy) is 1. The van der Waals surface area contributed by atoms with E-state index in [0.29, 0.717) is 45.4 Å². The lowest BCUT2D eigenvalue weighted by Crippen LogP contribution is -2.51. The van der Waals surface area contributed by atoms with Crippen LogP contribution >= 0.6 is 0 Å². The van der Waals surface area contributed by atoms with E-state index in [2.05, 4.69) is 10.6 Å². The molecule has 3 aliphatic rings. The molecule has 0 unspecified atom stereocenters. The van der Waals surface area contributed by atoms with E-state index in [1.165, 1.54) is 0 Å². The predicted octanol–water partition coefficient (Wildman–Crippen LogP) is 1.56. The van der Waals surface area contributed by atoms with Crippen molar-refractivity contribution in [2.45, 2.75) is 70.4 Å². The van der Waals surface area contributed by atoms with Gasteiger partial charge in [0.05, 0.1) is 6.61 Å². The van der Waals surface area contributed by atoms with Crippen molar-refractivity contribution in [2.24, 2.45) is 5.41 Å². The molecule has 0 bridgehead atoms. The molecule has 25 heavy (non-hydrogen) atoms. The monoisotopic (exact) mass is 351 g/mol. The Morgan fingerprint density at radius 2 is 1.48 bits per heavy atom. The van der Waals surface area contributed by atoms with Crippen molar-refractivity contribution < 1.29 is 19.1 Å². The Balaban J connectivity index is 1.46. The lowest BCUT2D eigenvalue weighted by Gasteiger charge is -2.32. The number of hydrogen-bond donors (Lipinski definition) is 2. The highest BCUT2D eigenvalue weighted by Crippen LogP contribution is 2.46. The van der Waals surface area contributed by atoms with E-state index < -0.39 is 5.41 Å². The van der Waals surface area contributed by atoms with Gasteiger partial charge in [-0.15, -0.1) is 0 Å². The number of piperidine rings is 1. The van der Waals surface area contributed by atoms with Gasteiger partial charge in [-0.1, -0.05) is 12.8 Å². The summed E-state index contributed by atoms with van der Waals surface area (Å²) in [6.45, 7) is 3.31. The highest BCUT2D eigenvalue weighted by atomic mass is 16.6. The first-order valence-corrected chi connectivity index (χ1v) is 9.59. The van der Waals surface area contributed by atoms with Crippen molar-refractivity contribution in [1.29, 1.82) is 0 Å². The molecule has 1 saturated heterocycles. The minimum Gasteiger partial charge on any atom is -0.450 e. The second-order valence-corrected chi connectivity index (χ2v) is 7.47. The molecule has 1 heterocycles. The number of nitrogens with one attached hydrogen (secondary N) is 2. The Morgan fingerprint density at radius 1 is 0.960 bits per heavy atom. The summed E-state index contributed by atoms with van der Waals surface area (Å²) < 4.78 is 5.00. The van der Waals surface area contributed by atoms with Crippen LogP contribution in [0, 0.1) is 5.41 Å². The summed E-state index contributed by atoms with van der Waals surface area (Å²) in [6.07, 6.45) is 6.74. The van der Waals surface area contributed by atoms with E-state index >= 15 is 0 Å². The average Bonchev–Trinajstić information content (AvgIpc) is 3.28. The maximum atomic E-state index is 12.7. The highest BCUT2D eigenvalue weighted by molar-refractivity contribution is 6.08. The first-order chi connectivity index (χ1) is 12.0. The summed E-state index contributed by atoms with van der Waals surface area (Å²) in [6, 6.07) is 0.264. The zero-order chi connectivity index (χ0) is 17.9. The zero-order valence-electron chi connectivity index (χ0n) is 15.0. The van der Waals surface area contributed by atoms with E-state index in [1.807, 2.05) is 0 Å². The first kappa shape index (κ1) is 18.0. The molecule has 0 aromatic rings. The summed E-state index contributed by atoms with van der Waals surface area (Å²) in [4.78, 5) is 38.6. The Morgan fingerprint density at radius 3 is 1.96 bits per heavy atom. The van der Waals surface area contributed by atoms with Crippen LogP contribution in [-0.2, 0) is 14.3 Å². The zero-order valence-corrected chi connectivity index (χ0v) is 15.0. The average molecular weight is 351 g/mol. The molecule has 0 aromatic carbocycles. The number of hydrogen-bond acceptors (Lipinski definition) is 4. The van der Waals surface area contributed by atoms with Crippen LogP contribution in [0.5, 0.6) is 0 Å². The smallest absolute Gasteiger partial charge is 0.409 e. The number of nitrogens with zero attached hydrogens (tertiary/aromatic N) is 1. The predicted molar refractivity (Wildman–Crippen MR) is 91.8 cm³/mol. The molecular formula is C18H29N3O4. The van der Waals surface area contributed by atoms with Crippen LogP contribution in [0.25, 0.3) is 0 Å². The Bertz CT molecular complexity index is 518. The minimum atomic E-state index is -0.846. The van der Waals surface area contributed by atoms with Crippen LogP contribution < -0.4 is 10.6 Å². The number of likely N-dealkylation sites (tertiary alicyclic amines) is 1. The largest absolute Gasteiger partial charge is 0.450 e. The molecule has 0 aromatic heterocycles. The fourth-order valence-electron chi connectivity index (χ4n) is 3.82. The third-order valence-electron chi connectivity index (χ3n) is 5.67. The number of amides is 3. The SMILES string of the molecule is CCOC(=O)N1CCC(NC(=O)C2(C(=O)NC3CCCC3)CC2)CC1. The number of carbonyl (C=O) groups excluding carboxylic acids is 3. The Kier molecular flexibility index (Phi) is 5.49. The molecule has 2 saturated carbocycles. The van der Waals surface area contributed by atoms with Gasteiger partial charge in [0.25, 0.3) is 0 Å². The van der Waals surface area contributed by atoms with Gasteiger partial charge in [-0.25, -0.2) is 4.79 Å². The molecule has 2 aliphatic carbocycles. The van der Waals surface area contributed by atoms with Crippen molar-refractivity contribution >= 4 is 17.9 Å². The standard InChI is InChI=1S/C18H29N3O4/c1-2-25-17(24)21-11-7-14(8-12-21)20-16(23)18(9-10-18)15(22)19-13-5-3-4-6-13/h13-14H,2-12H2,1H3,(H,19,22)(H,20,23). The normalized spacial score (nSPS) is 23.2. The van der Waals surface area contributed by atoms with Gasteiger partial charge in [0.2, 0.25) is 11.8 Å². The van der Waals surface area contributed by atoms with Crippen LogP contribution in [0.3, 0.4) is 0 Å². The second-order valence-electron chi connectivity index (χ2n) is 7.47. The van der Waals surface area contributed by atoms with Crippen molar-refractivity contribution in [3.05, 3.63) is 0 Å². The minimum absolute atomic E-state index is 0.0231. The van der Waals surface area contributed by atoms with E-state index in [0.717, 1.165) is 25.7 Å². The lowest BCUT2D eigenvalue weighted by atomic mass is 10.0. The van der Waals surface area contributed by atoms with Gasteiger partial charge in [-0.2, -0.15) is 0 Å². The molecule has 7 heteroatoms. The molecule has 3 fully saturated rings. The molecule has 3 rings (SSSR count). The molecule has 0 atom stereocenters. The summed E-state index contributed by atoms with van der Waals surface area (Å²) in [5, 5.41) is 6.11. The summed E-state index contributed by atoms with van der Waals surface area (Å²) in [5.41, 5.74) is -0.846. The van der Waals surface area contributed by atoms with Gasteiger partial charge in [-0.05, 0) is 45.4 Å². The molecule has 3 amide bonds. The first-order valence-electron chi connectivity index (χ1n) is 9.59. The fraction of sp³-hybridized carbons (Fsp3) is 0.833. The molecule has 2 N–H and O–H groups in total. The van der Waals surface area contributed by atoms with Crippen LogP contribution in [-0.4, -0.2) is 54.6 Å². The molecule has 140 valence electrons. The van der Waals surface area contributed by atoms with Crippen molar-refractivity contribution in [3.63, 3.8) is 0 Å². The van der Waals surface area contributed by atoms with Crippen molar-refractivity contribution in [3.8, 4) is 0 Å². The Labute approximate surface area is 148 Å². The van der Waals surface area contributed by atoms with E-state index in [4.69, 9.17) is 4.74 Å². The number of carbonyl (C=O) groups is 3. The highest BCUT2D eigenvalue weighted by Gasteiger charge is 2.57. The van der Waals surface area contributed by atoms with E-state index in [1.54, 1.807) is 11.8 Å². The third-order valence-corrected chi connectivity index (χ3v) is 5.67. The summed E-state index contributed by atoms with van der Waals surface area (Å²) in [5.74, 6) is -0.238. The van der Waals surface area contributed by atoms with Crippen LogP contribution in [0.4, 0.5) is 4.79 Å². The fourth-order valence-corrected chi connectivity index (χ4v) is 3.82. The maximum Gasteiger partial charge on any atom is 0.409 e. The topological polar surface area (TPSA) is 87.7 Å². The number of rotatable bonds is 5. The quantitative estimate of drug-likeness (QED) is 0.736. The van der Waals surface area contributed by atoms with Crippen LogP contribution in [0.2, 0.25) is 0 Å². The second kappa shape index (κ2) is 7.62. The van der Waals surface area contributed by atoms with Gasteiger partial charge in [0, 0.05) is 25.2 Å². The molecule has 7 nitrogen and oxygen atoms in total. The Hall–Kier alpha value is -1.79.